The normalized spacial score (nSPS) is 10.3. The second-order valence-corrected chi connectivity index (χ2v) is 5.01. The number of aryl methyl sites for hydroxylation is 2. The number of nitrogens with zero attached hydrogens (tertiary/aromatic N) is 2. The van der Waals surface area contributed by atoms with Gasteiger partial charge < -0.3 is 10.1 Å². The molecule has 0 aromatic carbocycles. The number of H-pyrrole nitrogens is 1. The standard InChI is InChI=1S/C12H14N4O3S/c1-4-19-10(18)9-7(3)14-12(20-9)16-11-13-6(2)5-8(17)15-11/h5H,4H2,1-3H3,(H2,13,14,15,16,17). The van der Waals surface area contributed by atoms with Gasteiger partial charge in [0.2, 0.25) is 5.95 Å². The maximum absolute atomic E-state index is 11.7. The lowest BCUT2D eigenvalue weighted by Crippen LogP contribution is -2.10. The number of carbonyl (C=O) groups is 1. The Kier molecular flexibility index (Phi) is 4.14. The Morgan fingerprint density at radius 1 is 1.45 bits per heavy atom. The molecule has 2 aromatic heterocycles. The number of hydrogen-bond donors (Lipinski definition) is 2. The number of carbonyl (C=O) groups excluding carboxylic acids is 1. The Balaban J connectivity index is 2.24. The van der Waals surface area contributed by atoms with E-state index < -0.39 is 5.97 Å². The van der Waals surface area contributed by atoms with Crippen molar-refractivity contribution in [2.24, 2.45) is 0 Å². The van der Waals surface area contributed by atoms with Crippen LogP contribution in [0.3, 0.4) is 0 Å². The van der Waals surface area contributed by atoms with Gasteiger partial charge in [0.05, 0.1) is 12.3 Å². The molecule has 2 heterocycles. The first kappa shape index (κ1) is 14.2. The van der Waals surface area contributed by atoms with Crippen LogP contribution in [0.15, 0.2) is 10.9 Å². The number of nitrogens with one attached hydrogen (secondary N) is 2. The van der Waals surface area contributed by atoms with Gasteiger partial charge in [0, 0.05) is 11.8 Å². The molecule has 0 atom stereocenters. The zero-order valence-electron chi connectivity index (χ0n) is 11.3. The summed E-state index contributed by atoms with van der Waals surface area (Å²) in [7, 11) is 0. The molecule has 7 nitrogen and oxygen atoms in total. The van der Waals surface area contributed by atoms with Crippen LogP contribution < -0.4 is 10.9 Å². The number of hydrogen-bond acceptors (Lipinski definition) is 7. The van der Waals surface area contributed by atoms with Crippen molar-refractivity contribution in [3.05, 3.63) is 32.7 Å². The zero-order chi connectivity index (χ0) is 14.7. The molecule has 2 aromatic rings. The summed E-state index contributed by atoms with van der Waals surface area (Å²) in [6.45, 7) is 5.50. The fourth-order valence-corrected chi connectivity index (χ4v) is 2.43. The summed E-state index contributed by atoms with van der Waals surface area (Å²) in [4.78, 5) is 34.4. The van der Waals surface area contributed by atoms with Crippen LogP contribution in [0.2, 0.25) is 0 Å². The highest BCUT2D eigenvalue weighted by molar-refractivity contribution is 7.17. The lowest BCUT2D eigenvalue weighted by Gasteiger charge is -2.01. The topological polar surface area (TPSA) is 97.0 Å². The van der Waals surface area contributed by atoms with Crippen molar-refractivity contribution >= 4 is 28.4 Å². The summed E-state index contributed by atoms with van der Waals surface area (Å²) in [6.07, 6.45) is 0. The second kappa shape index (κ2) is 5.83. The molecule has 0 unspecified atom stereocenters. The highest BCUT2D eigenvalue weighted by atomic mass is 32.1. The molecule has 0 bridgehead atoms. The number of aromatic amines is 1. The first-order valence-corrected chi connectivity index (χ1v) is 6.80. The summed E-state index contributed by atoms with van der Waals surface area (Å²) in [6, 6.07) is 1.39. The molecule has 2 N–H and O–H groups in total. The van der Waals surface area contributed by atoms with Crippen molar-refractivity contribution in [2.75, 3.05) is 11.9 Å². The third kappa shape index (κ3) is 3.21. The second-order valence-electron chi connectivity index (χ2n) is 4.01. The molecule has 0 saturated heterocycles. The molecule has 8 heteroatoms. The maximum atomic E-state index is 11.7. The quantitative estimate of drug-likeness (QED) is 0.834. The number of rotatable bonds is 4. The number of thiazole rings is 1. The monoisotopic (exact) mass is 294 g/mol. The van der Waals surface area contributed by atoms with Gasteiger partial charge in [-0.15, -0.1) is 0 Å². The van der Waals surface area contributed by atoms with Crippen LogP contribution in [-0.2, 0) is 4.74 Å². The number of anilines is 2. The predicted octanol–water partition coefficient (Wildman–Crippen LogP) is 1.76. The van der Waals surface area contributed by atoms with Gasteiger partial charge in [-0.05, 0) is 20.8 Å². The van der Waals surface area contributed by atoms with E-state index in [1.165, 1.54) is 6.07 Å². The van der Waals surface area contributed by atoms with Crippen LogP contribution in [0.25, 0.3) is 0 Å². The highest BCUT2D eigenvalue weighted by Crippen LogP contribution is 2.25. The van der Waals surface area contributed by atoms with Crippen LogP contribution in [0.4, 0.5) is 11.1 Å². The molecule has 0 spiro atoms. The number of aromatic nitrogens is 3. The van der Waals surface area contributed by atoms with Gasteiger partial charge in [-0.1, -0.05) is 11.3 Å². The van der Waals surface area contributed by atoms with Crippen LogP contribution in [0, 0.1) is 13.8 Å². The van der Waals surface area contributed by atoms with E-state index in [2.05, 4.69) is 20.3 Å². The molecule has 20 heavy (non-hydrogen) atoms. The summed E-state index contributed by atoms with van der Waals surface area (Å²) in [5.74, 6) is -0.111. The van der Waals surface area contributed by atoms with E-state index in [4.69, 9.17) is 4.74 Å². The van der Waals surface area contributed by atoms with Crippen molar-refractivity contribution < 1.29 is 9.53 Å². The predicted molar refractivity (Wildman–Crippen MR) is 75.7 cm³/mol. The smallest absolute Gasteiger partial charge is 0.350 e. The fraction of sp³-hybridized carbons (Fsp3) is 0.333. The van der Waals surface area contributed by atoms with Crippen molar-refractivity contribution in [3.8, 4) is 0 Å². The largest absolute Gasteiger partial charge is 0.462 e. The first-order valence-electron chi connectivity index (χ1n) is 5.99. The molecular formula is C12H14N4O3S. The molecule has 0 amide bonds. The van der Waals surface area contributed by atoms with E-state index in [0.29, 0.717) is 34.0 Å². The minimum Gasteiger partial charge on any atom is -0.462 e. The van der Waals surface area contributed by atoms with Crippen molar-refractivity contribution in [2.45, 2.75) is 20.8 Å². The minimum atomic E-state index is -0.402. The Hall–Kier alpha value is -2.22. The Labute approximate surface area is 119 Å². The Bertz CT molecular complexity index is 692. The molecule has 0 aliphatic rings. The zero-order valence-corrected chi connectivity index (χ0v) is 12.1. The van der Waals surface area contributed by atoms with Gasteiger partial charge in [-0.2, -0.15) is 0 Å². The number of ether oxygens (including phenoxy) is 1. The molecule has 2 rings (SSSR count). The molecule has 0 saturated carbocycles. The molecule has 0 fully saturated rings. The lowest BCUT2D eigenvalue weighted by molar-refractivity contribution is 0.0531. The van der Waals surface area contributed by atoms with Crippen LogP contribution in [0.5, 0.6) is 0 Å². The maximum Gasteiger partial charge on any atom is 0.350 e. The number of esters is 1. The van der Waals surface area contributed by atoms with E-state index in [0.717, 1.165) is 11.3 Å². The molecular weight excluding hydrogens is 280 g/mol. The molecule has 106 valence electrons. The van der Waals surface area contributed by atoms with E-state index in [9.17, 15) is 9.59 Å². The summed E-state index contributed by atoms with van der Waals surface area (Å²) in [5.41, 5.74) is 0.917. The van der Waals surface area contributed by atoms with Gasteiger partial charge >= 0.3 is 5.97 Å². The molecule has 0 aliphatic heterocycles. The van der Waals surface area contributed by atoms with E-state index in [1.54, 1.807) is 20.8 Å². The van der Waals surface area contributed by atoms with Gasteiger partial charge in [-0.3, -0.25) is 9.78 Å². The van der Waals surface area contributed by atoms with Gasteiger partial charge in [0.1, 0.15) is 4.88 Å². The third-order valence-electron chi connectivity index (χ3n) is 2.35. The van der Waals surface area contributed by atoms with Crippen LogP contribution in [-0.4, -0.2) is 27.5 Å². The molecule has 0 radical (unpaired) electrons. The van der Waals surface area contributed by atoms with E-state index in [-0.39, 0.29) is 5.56 Å². The SMILES string of the molecule is CCOC(=O)c1sc(Nc2nc(C)cc(=O)[nH]2)nc1C. The molecule has 0 aliphatic carbocycles. The Morgan fingerprint density at radius 3 is 2.85 bits per heavy atom. The van der Waals surface area contributed by atoms with Crippen molar-refractivity contribution in [3.63, 3.8) is 0 Å². The lowest BCUT2D eigenvalue weighted by atomic mass is 10.4. The van der Waals surface area contributed by atoms with E-state index in [1.807, 2.05) is 0 Å². The Morgan fingerprint density at radius 2 is 2.20 bits per heavy atom. The van der Waals surface area contributed by atoms with Gasteiger partial charge in [0.25, 0.3) is 5.56 Å². The van der Waals surface area contributed by atoms with E-state index >= 15 is 0 Å². The highest BCUT2D eigenvalue weighted by Gasteiger charge is 2.16. The van der Waals surface area contributed by atoms with Gasteiger partial charge in [-0.25, -0.2) is 14.8 Å². The van der Waals surface area contributed by atoms with Crippen LogP contribution >= 0.6 is 11.3 Å². The van der Waals surface area contributed by atoms with Crippen molar-refractivity contribution in [1.82, 2.24) is 15.0 Å². The average molecular weight is 294 g/mol. The summed E-state index contributed by atoms with van der Waals surface area (Å²) >= 11 is 1.16. The summed E-state index contributed by atoms with van der Waals surface area (Å²) < 4.78 is 4.94. The van der Waals surface area contributed by atoms with Crippen molar-refractivity contribution in [1.29, 1.82) is 0 Å². The first-order chi connectivity index (χ1) is 9.49. The third-order valence-corrected chi connectivity index (χ3v) is 3.41. The minimum absolute atomic E-state index is 0.251. The fourth-order valence-electron chi connectivity index (χ4n) is 1.58. The summed E-state index contributed by atoms with van der Waals surface area (Å²) in [5, 5.41) is 3.35. The van der Waals surface area contributed by atoms with Gasteiger partial charge in [0.15, 0.2) is 5.13 Å². The average Bonchev–Trinajstić information content (AvgIpc) is 2.69. The van der Waals surface area contributed by atoms with Crippen LogP contribution in [0.1, 0.15) is 28.0 Å².